The van der Waals surface area contributed by atoms with Gasteiger partial charge in [0, 0.05) is 45.4 Å². The van der Waals surface area contributed by atoms with Crippen LogP contribution in [0.3, 0.4) is 0 Å². The lowest BCUT2D eigenvalue weighted by molar-refractivity contribution is 0.104. The van der Waals surface area contributed by atoms with Crippen molar-refractivity contribution < 1.29 is 14.3 Å². The summed E-state index contributed by atoms with van der Waals surface area (Å²) in [6.07, 6.45) is 8.58. The second-order valence-electron chi connectivity index (χ2n) is 7.65. The van der Waals surface area contributed by atoms with E-state index in [-0.39, 0.29) is 12.1 Å². The molecule has 7 nitrogen and oxygen atoms in total. The maximum atomic E-state index is 12.4. The number of nitrogens with zero attached hydrogens (tertiary/aromatic N) is 3. The highest BCUT2D eigenvalue weighted by Gasteiger charge is 2.29. The van der Waals surface area contributed by atoms with Gasteiger partial charge in [0.05, 0.1) is 12.6 Å². The Morgan fingerprint density at radius 1 is 1.26 bits per heavy atom. The third-order valence-corrected chi connectivity index (χ3v) is 5.65. The summed E-state index contributed by atoms with van der Waals surface area (Å²) in [5.74, 6) is 1.78. The van der Waals surface area contributed by atoms with Crippen molar-refractivity contribution in [3.05, 3.63) is 18.3 Å². The van der Waals surface area contributed by atoms with Crippen molar-refractivity contribution in [1.29, 1.82) is 0 Å². The highest BCUT2D eigenvalue weighted by atomic mass is 16.5. The van der Waals surface area contributed by atoms with E-state index in [0.29, 0.717) is 19.2 Å². The molecule has 148 valence electrons. The second kappa shape index (κ2) is 8.78. The Balaban J connectivity index is 1.25. The molecule has 2 atom stereocenters. The van der Waals surface area contributed by atoms with E-state index >= 15 is 0 Å². The number of aromatic nitrogens is 1. The number of pyridine rings is 1. The predicted molar refractivity (Wildman–Crippen MR) is 103 cm³/mol. The van der Waals surface area contributed by atoms with Gasteiger partial charge in [0.1, 0.15) is 6.10 Å². The number of carbonyl (C=O) groups is 1. The maximum Gasteiger partial charge on any atom is 0.317 e. The van der Waals surface area contributed by atoms with Crippen LogP contribution in [0.2, 0.25) is 0 Å². The van der Waals surface area contributed by atoms with E-state index in [4.69, 9.17) is 9.47 Å². The van der Waals surface area contributed by atoms with Gasteiger partial charge in [-0.05, 0) is 44.2 Å². The van der Waals surface area contributed by atoms with Crippen molar-refractivity contribution >= 4 is 11.8 Å². The minimum Gasteiger partial charge on any atom is -0.485 e. The lowest BCUT2D eigenvalue weighted by atomic mass is 10.2. The molecular weight excluding hydrogens is 344 g/mol. The number of likely N-dealkylation sites (tertiary alicyclic amines) is 1. The van der Waals surface area contributed by atoms with Gasteiger partial charge >= 0.3 is 6.03 Å². The number of nitrogens with one attached hydrogen (secondary N) is 1. The van der Waals surface area contributed by atoms with E-state index in [0.717, 1.165) is 63.5 Å². The summed E-state index contributed by atoms with van der Waals surface area (Å²) < 4.78 is 11.8. The number of urea groups is 1. The van der Waals surface area contributed by atoms with Gasteiger partial charge in [0.15, 0.2) is 11.6 Å². The molecule has 3 fully saturated rings. The van der Waals surface area contributed by atoms with Crippen LogP contribution < -0.4 is 15.0 Å². The Kier molecular flexibility index (Phi) is 5.97. The van der Waals surface area contributed by atoms with Crippen LogP contribution in [0.15, 0.2) is 18.3 Å². The molecule has 27 heavy (non-hydrogen) atoms. The van der Waals surface area contributed by atoms with E-state index in [2.05, 4.69) is 15.2 Å². The van der Waals surface area contributed by atoms with Gasteiger partial charge in [-0.1, -0.05) is 0 Å². The van der Waals surface area contributed by atoms with Gasteiger partial charge in [-0.15, -0.1) is 0 Å². The first kappa shape index (κ1) is 18.3. The molecule has 3 saturated heterocycles. The van der Waals surface area contributed by atoms with Crippen molar-refractivity contribution in [3.63, 3.8) is 0 Å². The van der Waals surface area contributed by atoms with Crippen LogP contribution in [0.5, 0.6) is 5.75 Å². The average Bonchev–Trinajstić information content (AvgIpc) is 3.45. The fourth-order valence-electron chi connectivity index (χ4n) is 4.15. The summed E-state index contributed by atoms with van der Waals surface area (Å²) in [5, 5.41) is 3.02. The smallest absolute Gasteiger partial charge is 0.317 e. The zero-order valence-electron chi connectivity index (χ0n) is 15.9. The van der Waals surface area contributed by atoms with E-state index in [9.17, 15) is 4.79 Å². The van der Waals surface area contributed by atoms with Crippen LogP contribution in [0.4, 0.5) is 10.6 Å². The van der Waals surface area contributed by atoms with Crippen molar-refractivity contribution in [2.75, 3.05) is 44.2 Å². The molecule has 0 aromatic carbocycles. The summed E-state index contributed by atoms with van der Waals surface area (Å²) in [6.45, 7) is 4.97. The molecule has 1 aromatic heterocycles. The molecule has 0 bridgehead atoms. The van der Waals surface area contributed by atoms with E-state index in [1.54, 1.807) is 0 Å². The first-order chi connectivity index (χ1) is 13.3. The first-order valence-corrected chi connectivity index (χ1v) is 10.3. The average molecular weight is 374 g/mol. The molecule has 7 heteroatoms. The summed E-state index contributed by atoms with van der Waals surface area (Å²) in [6, 6.07) is 3.91. The third kappa shape index (κ3) is 4.64. The van der Waals surface area contributed by atoms with Gasteiger partial charge in [-0.25, -0.2) is 9.78 Å². The van der Waals surface area contributed by atoms with Gasteiger partial charge in [0.2, 0.25) is 0 Å². The van der Waals surface area contributed by atoms with Crippen LogP contribution in [-0.4, -0.2) is 67.5 Å². The Morgan fingerprint density at radius 3 is 2.96 bits per heavy atom. The number of hydrogen-bond acceptors (Lipinski definition) is 5. The van der Waals surface area contributed by atoms with Crippen molar-refractivity contribution in [2.24, 2.45) is 0 Å². The largest absolute Gasteiger partial charge is 0.485 e. The van der Waals surface area contributed by atoms with Crippen LogP contribution in [-0.2, 0) is 4.74 Å². The number of carbonyl (C=O) groups excluding carboxylic acids is 1. The highest BCUT2D eigenvalue weighted by molar-refractivity contribution is 5.74. The maximum absolute atomic E-state index is 12.4. The molecule has 4 heterocycles. The number of anilines is 1. The minimum atomic E-state index is 0.00468. The van der Waals surface area contributed by atoms with E-state index in [1.165, 1.54) is 12.8 Å². The van der Waals surface area contributed by atoms with Crippen LogP contribution in [0.25, 0.3) is 0 Å². The molecule has 0 aliphatic carbocycles. The van der Waals surface area contributed by atoms with Gasteiger partial charge in [-0.3, -0.25) is 0 Å². The second-order valence-corrected chi connectivity index (χ2v) is 7.65. The zero-order chi connectivity index (χ0) is 18.5. The van der Waals surface area contributed by atoms with Crippen molar-refractivity contribution in [1.82, 2.24) is 15.2 Å². The topological polar surface area (TPSA) is 66.9 Å². The Morgan fingerprint density at radius 2 is 2.15 bits per heavy atom. The Bertz CT molecular complexity index is 629. The molecule has 3 aliphatic rings. The fourth-order valence-corrected chi connectivity index (χ4v) is 4.15. The highest BCUT2D eigenvalue weighted by Crippen LogP contribution is 2.30. The molecule has 4 rings (SSSR count). The third-order valence-electron chi connectivity index (χ3n) is 5.65. The molecule has 0 radical (unpaired) electrons. The summed E-state index contributed by atoms with van der Waals surface area (Å²) in [7, 11) is 0. The lowest BCUT2D eigenvalue weighted by Gasteiger charge is -2.22. The number of amides is 2. The number of hydrogen-bond donors (Lipinski definition) is 1. The predicted octanol–water partition coefficient (Wildman–Crippen LogP) is 2.41. The van der Waals surface area contributed by atoms with Gasteiger partial charge in [-0.2, -0.15) is 0 Å². The monoisotopic (exact) mass is 374 g/mol. The molecule has 0 spiro atoms. The molecule has 3 aliphatic heterocycles. The van der Waals surface area contributed by atoms with Crippen LogP contribution >= 0.6 is 0 Å². The normalized spacial score (nSPS) is 25.2. The molecule has 0 saturated carbocycles. The molecule has 2 amide bonds. The zero-order valence-corrected chi connectivity index (χ0v) is 15.9. The number of ether oxygens (including phenoxy) is 2. The molecule has 1 N–H and O–H groups in total. The Labute approximate surface area is 161 Å². The summed E-state index contributed by atoms with van der Waals surface area (Å²) in [5.41, 5.74) is 0. The van der Waals surface area contributed by atoms with E-state index in [1.807, 2.05) is 23.2 Å². The first-order valence-electron chi connectivity index (χ1n) is 10.3. The van der Waals surface area contributed by atoms with E-state index < -0.39 is 0 Å². The van der Waals surface area contributed by atoms with Crippen LogP contribution in [0, 0.1) is 0 Å². The fraction of sp³-hybridized carbons (Fsp3) is 0.700. The number of rotatable bonds is 6. The summed E-state index contributed by atoms with van der Waals surface area (Å²) in [4.78, 5) is 21.1. The minimum absolute atomic E-state index is 0.00468. The van der Waals surface area contributed by atoms with Crippen LogP contribution in [0.1, 0.15) is 38.5 Å². The quantitative estimate of drug-likeness (QED) is 0.828. The van der Waals surface area contributed by atoms with Gasteiger partial charge in [0.25, 0.3) is 0 Å². The Hall–Kier alpha value is -2.02. The lowest BCUT2D eigenvalue weighted by Crippen LogP contribution is -2.40. The molecule has 1 aromatic rings. The molecule has 0 unspecified atom stereocenters. The standard InChI is InChI=1S/C20H30N4O3/c25-20(22-10-7-16-5-4-14-26-16)24-13-8-17(15-24)27-18-6-3-9-21-19(18)23-11-1-2-12-23/h3,6,9,16-17H,1-2,4-5,7-8,10-15H2,(H,22,25)/t16-,17-/m1/s1. The van der Waals surface area contributed by atoms with Crippen molar-refractivity contribution in [2.45, 2.75) is 50.7 Å². The summed E-state index contributed by atoms with van der Waals surface area (Å²) >= 11 is 0. The molecular formula is C20H30N4O3. The van der Waals surface area contributed by atoms with Crippen molar-refractivity contribution in [3.8, 4) is 5.75 Å². The van der Waals surface area contributed by atoms with Gasteiger partial charge < -0.3 is 24.6 Å². The SMILES string of the molecule is O=C(NCC[C@H]1CCCO1)N1CC[C@@H](Oc2cccnc2N2CCCC2)C1.